The number of nitrogens with one attached hydrogen (secondary N) is 1. The van der Waals surface area contributed by atoms with Crippen molar-refractivity contribution in [3.8, 4) is 0 Å². The Morgan fingerprint density at radius 1 is 0.792 bits per heavy atom. The van der Waals surface area contributed by atoms with E-state index in [2.05, 4.69) is 75.5 Å². The molecule has 2 aromatic rings. The first-order valence-electron chi connectivity index (χ1n) is 8.57. The zero-order valence-corrected chi connectivity index (χ0v) is 15.0. The molecule has 0 amide bonds. The lowest BCUT2D eigenvalue weighted by molar-refractivity contribution is 0.00578. The predicted octanol–water partition coefficient (Wildman–Crippen LogP) is 3.28. The van der Waals surface area contributed by atoms with Crippen LogP contribution in [0.1, 0.15) is 38.8 Å². The van der Waals surface area contributed by atoms with Crippen molar-refractivity contribution in [2.45, 2.75) is 52.0 Å². The summed E-state index contributed by atoms with van der Waals surface area (Å²) in [4.78, 5) is 0. The van der Waals surface area contributed by atoms with Crippen LogP contribution in [0.5, 0.6) is 0 Å². The Bertz CT molecular complexity index is 669. The van der Waals surface area contributed by atoms with Gasteiger partial charge in [0.05, 0.1) is 11.2 Å². The monoisotopic (exact) mass is 323 g/mol. The SMILES string of the molecule is CC1(C)OB(c2ccccc2CNCc2ccccc2)OC1(C)C. The van der Waals surface area contributed by atoms with Gasteiger partial charge in [-0.05, 0) is 44.3 Å². The van der Waals surface area contributed by atoms with E-state index < -0.39 is 0 Å². The van der Waals surface area contributed by atoms with Crippen LogP contribution in [-0.2, 0) is 22.4 Å². The zero-order chi connectivity index (χ0) is 17.2. The molecule has 24 heavy (non-hydrogen) atoms. The summed E-state index contributed by atoms with van der Waals surface area (Å²) in [7, 11) is -0.315. The van der Waals surface area contributed by atoms with E-state index in [1.165, 1.54) is 11.1 Å². The molecule has 3 nitrogen and oxygen atoms in total. The maximum absolute atomic E-state index is 6.21. The van der Waals surface area contributed by atoms with Crippen LogP contribution < -0.4 is 10.8 Å². The second-order valence-electron chi connectivity index (χ2n) is 7.38. The minimum absolute atomic E-state index is 0.315. The van der Waals surface area contributed by atoms with Gasteiger partial charge in [-0.3, -0.25) is 0 Å². The van der Waals surface area contributed by atoms with Crippen molar-refractivity contribution in [1.82, 2.24) is 5.32 Å². The largest absolute Gasteiger partial charge is 0.495 e. The van der Waals surface area contributed by atoms with Gasteiger partial charge in [-0.1, -0.05) is 54.6 Å². The fourth-order valence-corrected chi connectivity index (χ4v) is 2.83. The van der Waals surface area contributed by atoms with Crippen molar-refractivity contribution in [2.24, 2.45) is 0 Å². The van der Waals surface area contributed by atoms with Gasteiger partial charge in [0.2, 0.25) is 0 Å². The highest BCUT2D eigenvalue weighted by atomic mass is 16.7. The minimum Gasteiger partial charge on any atom is -0.399 e. The van der Waals surface area contributed by atoms with Crippen LogP contribution in [0, 0.1) is 0 Å². The highest BCUT2D eigenvalue weighted by molar-refractivity contribution is 6.62. The highest BCUT2D eigenvalue weighted by Gasteiger charge is 2.52. The summed E-state index contributed by atoms with van der Waals surface area (Å²) in [5.41, 5.74) is 2.97. The van der Waals surface area contributed by atoms with E-state index >= 15 is 0 Å². The van der Waals surface area contributed by atoms with Crippen LogP contribution >= 0.6 is 0 Å². The van der Waals surface area contributed by atoms with E-state index in [0.29, 0.717) is 0 Å². The summed E-state index contributed by atoms with van der Waals surface area (Å²) in [5.74, 6) is 0. The Labute approximate surface area is 145 Å². The molecule has 0 bridgehead atoms. The van der Waals surface area contributed by atoms with E-state index in [-0.39, 0.29) is 18.3 Å². The van der Waals surface area contributed by atoms with Crippen molar-refractivity contribution in [3.63, 3.8) is 0 Å². The minimum atomic E-state index is -0.317. The maximum atomic E-state index is 6.21. The Morgan fingerprint density at radius 2 is 1.38 bits per heavy atom. The van der Waals surface area contributed by atoms with Crippen LogP contribution in [-0.4, -0.2) is 18.3 Å². The van der Waals surface area contributed by atoms with Crippen molar-refractivity contribution in [1.29, 1.82) is 0 Å². The van der Waals surface area contributed by atoms with Gasteiger partial charge < -0.3 is 14.6 Å². The van der Waals surface area contributed by atoms with Gasteiger partial charge >= 0.3 is 7.12 Å². The number of hydrogen-bond acceptors (Lipinski definition) is 3. The van der Waals surface area contributed by atoms with Crippen LogP contribution in [0.15, 0.2) is 54.6 Å². The van der Waals surface area contributed by atoms with Crippen molar-refractivity contribution in [3.05, 3.63) is 65.7 Å². The molecule has 0 saturated carbocycles. The van der Waals surface area contributed by atoms with Gasteiger partial charge in [0, 0.05) is 13.1 Å². The lowest BCUT2D eigenvalue weighted by Gasteiger charge is -2.32. The molecule has 2 aromatic carbocycles. The second kappa shape index (κ2) is 6.71. The molecule has 0 spiro atoms. The third kappa shape index (κ3) is 3.56. The van der Waals surface area contributed by atoms with E-state index in [1.54, 1.807) is 0 Å². The Morgan fingerprint density at radius 3 is 2.04 bits per heavy atom. The smallest absolute Gasteiger partial charge is 0.399 e. The van der Waals surface area contributed by atoms with Gasteiger partial charge in [0.25, 0.3) is 0 Å². The molecular formula is C20H26BNO2. The average molecular weight is 323 g/mol. The molecule has 0 atom stereocenters. The Balaban J connectivity index is 1.70. The van der Waals surface area contributed by atoms with E-state index in [1.807, 2.05) is 12.1 Å². The van der Waals surface area contributed by atoms with Crippen LogP contribution in [0.25, 0.3) is 0 Å². The van der Waals surface area contributed by atoms with Gasteiger partial charge in [-0.15, -0.1) is 0 Å². The summed E-state index contributed by atoms with van der Waals surface area (Å²) in [6.07, 6.45) is 0. The first-order chi connectivity index (χ1) is 11.4. The first-order valence-corrected chi connectivity index (χ1v) is 8.57. The van der Waals surface area contributed by atoms with Crippen molar-refractivity contribution < 1.29 is 9.31 Å². The van der Waals surface area contributed by atoms with Gasteiger partial charge in [0.1, 0.15) is 0 Å². The van der Waals surface area contributed by atoms with Gasteiger partial charge in [-0.2, -0.15) is 0 Å². The third-order valence-electron chi connectivity index (χ3n) is 5.05. The second-order valence-corrected chi connectivity index (χ2v) is 7.38. The summed E-state index contributed by atoms with van der Waals surface area (Å²) >= 11 is 0. The fraction of sp³-hybridized carbons (Fsp3) is 0.400. The molecule has 0 aromatic heterocycles. The molecule has 1 heterocycles. The quantitative estimate of drug-likeness (QED) is 0.857. The van der Waals surface area contributed by atoms with E-state index in [0.717, 1.165) is 18.6 Å². The maximum Gasteiger partial charge on any atom is 0.495 e. The Hall–Kier alpha value is -1.62. The van der Waals surface area contributed by atoms with Gasteiger partial charge in [0.15, 0.2) is 0 Å². The number of rotatable bonds is 5. The molecule has 1 aliphatic heterocycles. The zero-order valence-electron chi connectivity index (χ0n) is 15.0. The van der Waals surface area contributed by atoms with Crippen LogP contribution in [0.4, 0.5) is 0 Å². The molecule has 0 aliphatic carbocycles. The van der Waals surface area contributed by atoms with Gasteiger partial charge in [-0.25, -0.2) is 0 Å². The number of hydrogen-bond donors (Lipinski definition) is 1. The normalized spacial score (nSPS) is 18.8. The third-order valence-corrected chi connectivity index (χ3v) is 5.05. The van der Waals surface area contributed by atoms with E-state index in [4.69, 9.17) is 9.31 Å². The standard InChI is InChI=1S/C20H26BNO2/c1-19(2)20(3,4)24-21(23-19)18-13-9-8-12-17(18)15-22-14-16-10-6-5-7-11-16/h5-13,22H,14-15H2,1-4H3. The molecule has 0 unspecified atom stereocenters. The Kier molecular flexibility index (Phi) is 4.82. The van der Waals surface area contributed by atoms with Crippen LogP contribution in [0.2, 0.25) is 0 Å². The van der Waals surface area contributed by atoms with Crippen molar-refractivity contribution >= 4 is 12.6 Å². The highest BCUT2D eigenvalue weighted by Crippen LogP contribution is 2.36. The average Bonchev–Trinajstić information content (AvgIpc) is 2.77. The molecule has 126 valence electrons. The predicted molar refractivity (Wildman–Crippen MR) is 99.1 cm³/mol. The summed E-state index contributed by atoms with van der Waals surface area (Å²) in [6, 6.07) is 18.8. The molecule has 1 N–H and O–H groups in total. The fourth-order valence-electron chi connectivity index (χ4n) is 2.83. The molecule has 1 aliphatic rings. The summed E-state index contributed by atoms with van der Waals surface area (Å²) < 4.78 is 12.4. The topological polar surface area (TPSA) is 30.5 Å². The van der Waals surface area contributed by atoms with Crippen LogP contribution in [0.3, 0.4) is 0 Å². The lowest BCUT2D eigenvalue weighted by atomic mass is 9.76. The first kappa shape index (κ1) is 17.2. The molecular weight excluding hydrogens is 297 g/mol. The molecule has 0 radical (unpaired) electrons. The lowest BCUT2D eigenvalue weighted by Crippen LogP contribution is -2.41. The molecule has 3 rings (SSSR count). The van der Waals surface area contributed by atoms with E-state index in [9.17, 15) is 0 Å². The molecule has 1 saturated heterocycles. The summed E-state index contributed by atoms with van der Waals surface area (Å²) in [6.45, 7) is 9.98. The molecule has 1 fully saturated rings. The number of benzene rings is 2. The summed E-state index contributed by atoms with van der Waals surface area (Å²) in [5, 5.41) is 3.51. The van der Waals surface area contributed by atoms with Crippen molar-refractivity contribution in [2.75, 3.05) is 0 Å². The molecule has 4 heteroatoms.